The third-order valence-electron chi connectivity index (χ3n) is 13.1. The molecule has 0 fully saturated rings. The van der Waals surface area contributed by atoms with Crippen molar-refractivity contribution in [1.29, 1.82) is 0 Å². The molecule has 5 aromatic heterocycles. The first kappa shape index (κ1) is 29.5. The number of hydrogen-bond donors (Lipinski definition) is 1. The minimum atomic E-state index is -0.327. The highest BCUT2D eigenvalue weighted by Gasteiger charge is 2.33. The summed E-state index contributed by atoms with van der Waals surface area (Å²) in [6.07, 6.45) is 0. The van der Waals surface area contributed by atoms with E-state index in [0.29, 0.717) is 0 Å². The van der Waals surface area contributed by atoms with Gasteiger partial charge in [0.05, 0.1) is 44.3 Å². The number of nitrogens with one attached hydrogen (secondary N) is 1. The Morgan fingerprint density at radius 1 is 0.431 bits per heavy atom. The molecular weight excluding hydrogens is 713 g/mol. The second-order valence-electron chi connectivity index (χ2n) is 15.8. The van der Waals surface area contributed by atoms with Crippen LogP contribution in [0.1, 0.15) is 11.6 Å². The number of para-hydroxylation sites is 2. The van der Waals surface area contributed by atoms with Crippen LogP contribution in [0, 0.1) is 0 Å². The third-order valence-corrected chi connectivity index (χ3v) is 13.1. The van der Waals surface area contributed by atoms with E-state index in [1.165, 1.54) is 43.4 Å². The molecule has 58 heavy (non-hydrogen) atoms. The van der Waals surface area contributed by atoms with Crippen LogP contribution in [0.3, 0.4) is 0 Å². The van der Waals surface area contributed by atoms with Gasteiger partial charge in [-0.25, -0.2) is 4.99 Å². The van der Waals surface area contributed by atoms with Crippen molar-refractivity contribution in [2.24, 2.45) is 4.99 Å². The molecule has 9 aromatic carbocycles. The van der Waals surface area contributed by atoms with Crippen molar-refractivity contribution in [2.75, 3.05) is 5.32 Å². The van der Waals surface area contributed by atoms with Crippen LogP contribution in [-0.2, 0) is 0 Å². The lowest BCUT2D eigenvalue weighted by molar-refractivity contribution is 0.668. The van der Waals surface area contributed by atoms with Crippen LogP contribution in [0.5, 0.6) is 0 Å². The molecule has 268 valence electrons. The first-order valence-corrected chi connectivity index (χ1v) is 19.8. The summed E-state index contributed by atoms with van der Waals surface area (Å²) in [5.74, 6) is 0.899. The van der Waals surface area contributed by atoms with Crippen molar-refractivity contribution in [3.05, 3.63) is 163 Å². The largest absolute Gasteiger partial charge is 0.456 e. The average Bonchev–Trinajstić information content (AvgIpc) is 4.01. The fourth-order valence-corrected chi connectivity index (χ4v) is 10.7. The Balaban J connectivity index is 1.12. The number of rotatable bonds is 1. The van der Waals surface area contributed by atoms with Gasteiger partial charge in [-0.1, -0.05) is 103 Å². The Labute approximate surface area is 328 Å². The van der Waals surface area contributed by atoms with Gasteiger partial charge < -0.3 is 18.6 Å². The number of anilines is 1. The van der Waals surface area contributed by atoms with Gasteiger partial charge in [-0.15, -0.1) is 0 Å². The van der Waals surface area contributed by atoms with Crippen LogP contribution in [0.2, 0.25) is 0 Å². The molecule has 6 nitrogen and oxygen atoms in total. The molecule has 0 saturated heterocycles. The number of hydrogen-bond acceptors (Lipinski definition) is 4. The number of aliphatic imine (C=N–C) groups is 1. The molecule has 1 unspecified atom stereocenters. The summed E-state index contributed by atoms with van der Waals surface area (Å²) < 4.78 is 18.1. The molecular formula is C52H28N4O2. The van der Waals surface area contributed by atoms with Crippen LogP contribution >= 0.6 is 0 Å². The number of nitrogens with zero attached hydrogens (tertiary/aromatic N) is 3. The van der Waals surface area contributed by atoms with Gasteiger partial charge in [-0.3, -0.25) is 4.57 Å². The van der Waals surface area contributed by atoms with Gasteiger partial charge in [-0.05, 0) is 70.9 Å². The van der Waals surface area contributed by atoms with Gasteiger partial charge in [0.25, 0.3) is 0 Å². The summed E-state index contributed by atoms with van der Waals surface area (Å²) >= 11 is 0. The lowest BCUT2D eigenvalue weighted by atomic mass is 9.95. The fourth-order valence-electron chi connectivity index (χ4n) is 10.7. The topological polar surface area (TPSA) is 60.0 Å². The number of benzene rings is 9. The molecule has 1 N–H and O–H groups in total. The van der Waals surface area contributed by atoms with Crippen molar-refractivity contribution in [2.45, 2.75) is 6.04 Å². The second-order valence-corrected chi connectivity index (χ2v) is 15.8. The van der Waals surface area contributed by atoms with Gasteiger partial charge in [0.1, 0.15) is 34.2 Å². The quantitative estimate of drug-likeness (QED) is 0.171. The second kappa shape index (κ2) is 10.1. The highest BCUT2D eigenvalue weighted by Crippen LogP contribution is 2.51. The predicted octanol–water partition coefficient (Wildman–Crippen LogP) is 14.1. The van der Waals surface area contributed by atoms with Gasteiger partial charge >= 0.3 is 0 Å². The maximum Gasteiger partial charge on any atom is 0.141 e. The van der Waals surface area contributed by atoms with Crippen molar-refractivity contribution in [3.8, 4) is 0 Å². The zero-order chi connectivity index (χ0) is 37.4. The molecule has 1 aliphatic heterocycles. The first-order valence-electron chi connectivity index (χ1n) is 19.8. The van der Waals surface area contributed by atoms with E-state index in [9.17, 15) is 0 Å². The number of fused-ring (bicyclic) bond motifs is 13. The molecule has 6 heterocycles. The molecule has 15 rings (SSSR count). The normalized spacial score (nSPS) is 15.0. The van der Waals surface area contributed by atoms with Gasteiger partial charge in [-0.2, -0.15) is 0 Å². The molecule has 1 aliphatic rings. The van der Waals surface area contributed by atoms with Crippen molar-refractivity contribution in [1.82, 2.24) is 8.97 Å². The lowest BCUT2D eigenvalue weighted by Crippen LogP contribution is -2.29. The molecule has 0 radical (unpaired) electrons. The van der Waals surface area contributed by atoms with E-state index < -0.39 is 0 Å². The van der Waals surface area contributed by atoms with E-state index in [2.05, 4.69) is 160 Å². The molecule has 0 aliphatic carbocycles. The highest BCUT2D eigenvalue weighted by atomic mass is 16.3. The van der Waals surface area contributed by atoms with E-state index in [4.69, 9.17) is 13.8 Å². The summed E-state index contributed by atoms with van der Waals surface area (Å²) in [7, 11) is 0. The summed E-state index contributed by atoms with van der Waals surface area (Å²) in [6.45, 7) is 0. The molecule has 6 heteroatoms. The smallest absolute Gasteiger partial charge is 0.141 e. The van der Waals surface area contributed by atoms with Crippen molar-refractivity contribution in [3.63, 3.8) is 0 Å². The van der Waals surface area contributed by atoms with E-state index in [-0.39, 0.29) is 6.04 Å². The highest BCUT2D eigenvalue weighted by molar-refractivity contribution is 6.38. The fraction of sp³-hybridized carbons (Fsp3) is 0.0192. The Morgan fingerprint density at radius 2 is 1.07 bits per heavy atom. The van der Waals surface area contributed by atoms with Crippen LogP contribution < -0.4 is 5.32 Å². The molecule has 0 saturated carbocycles. The summed E-state index contributed by atoms with van der Waals surface area (Å²) in [6, 6.07) is 56.2. The Hall–Kier alpha value is -7.83. The number of aromatic nitrogens is 2. The van der Waals surface area contributed by atoms with Crippen LogP contribution in [0.25, 0.3) is 115 Å². The molecule has 0 bridgehead atoms. The Morgan fingerprint density at radius 3 is 1.97 bits per heavy atom. The maximum absolute atomic E-state index is 6.71. The molecule has 1 atom stereocenters. The minimum absolute atomic E-state index is 0.327. The van der Waals surface area contributed by atoms with E-state index in [0.717, 1.165) is 94.0 Å². The lowest BCUT2D eigenvalue weighted by Gasteiger charge is -2.31. The zero-order valence-corrected chi connectivity index (χ0v) is 30.7. The van der Waals surface area contributed by atoms with Gasteiger partial charge in [0.2, 0.25) is 0 Å². The predicted molar refractivity (Wildman–Crippen MR) is 239 cm³/mol. The van der Waals surface area contributed by atoms with E-state index in [1.807, 2.05) is 12.1 Å². The van der Waals surface area contributed by atoms with E-state index in [1.54, 1.807) is 0 Å². The average molecular weight is 741 g/mol. The van der Waals surface area contributed by atoms with Crippen molar-refractivity contribution < 1.29 is 8.83 Å². The summed E-state index contributed by atoms with van der Waals surface area (Å²) in [5.41, 5.74) is 12.3. The third kappa shape index (κ3) is 3.41. The Kier molecular flexibility index (Phi) is 5.14. The van der Waals surface area contributed by atoms with Gasteiger partial charge in [0.15, 0.2) is 0 Å². The number of furan rings is 2. The van der Waals surface area contributed by atoms with Crippen molar-refractivity contribution >= 4 is 132 Å². The molecule has 14 aromatic rings. The maximum atomic E-state index is 6.71. The Bertz CT molecular complexity index is 4140. The summed E-state index contributed by atoms with van der Waals surface area (Å²) in [4.78, 5) is 5.86. The standard InChI is InChI=1S/C52H28N4O2/c1-3-14-33-28(10-1)29-11-2-4-15-34(29)50-49(33)53-48(27-20-21-32-31-13-6-8-19-40(31)57-43(32)26-27)52(54-50)56-38-18-9-17-37-44(38)45-39(56)23-25-41-46(45)47-42(58-41)24-22-35-30-12-5-7-16-36(30)55(37)51(35)47/h1-26,48,53H. The SMILES string of the molecule is c1ccc2c(c1)oc1cc(C3Nc4c(c5ccccc5c5ccccc45)N=C3n3c4ccc5oc6ccc7c8ccccc8n8c9cccc3c9c4c5c6c78)ccc12. The van der Waals surface area contributed by atoms with Crippen LogP contribution in [-0.4, -0.2) is 14.8 Å². The summed E-state index contributed by atoms with van der Waals surface area (Å²) in [5, 5.41) is 18.1. The first-order chi connectivity index (χ1) is 28.8. The molecule has 0 amide bonds. The minimum Gasteiger partial charge on any atom is -0.456 e. The monoisotopic (exact) mass is 740 g/mol. The van der Waals surface area contributed by atoms with Crippen LogP contribution in [0.15, 0.2) is 172 Å². The van der Waals surface area contributed by atoms with Gasteiger partial charge in [0, 0.05) is 48.5 Å². The zero-order valence-electron chi connectivity index (χ0n) is 30.7. The molecule has 0 spiro atoms. The van der Waals surface area contributed by atoms with E-state index >= 15 is 0 Å². The van der Waals surface area contributed by atoms with Crippen LogP contribution in [0.4, 0.5) is 11.4 Å².